The van der Waals surface area contributed by atoms with Gasteiger partial charge < -0.3 is 14.6 Å². The Morgan fingerprint density at radius 2 is 1.96 bits per heavy atom. The summed E-state index contributed by atoms with van der Waals surface area (Å²) in [5, 5.41) is 14.1. The Kier molecular flexibility index (Phi) is 3.84. The van der Waals surface area contributed by atoms with Crippen molar-refractivity contribution < 1.29 is 14.6 Å². The molecule has 8 heteroatoms. The number of benzene rings is 2. The number of hydrogen-bond donors (Lipinski definition) is 1. The van der Waals surface area contributed by atoms with Crippen LogP contribution in [0.2, 0.25) is 0 Å². The van der Waals surface area contributed by atoms with Gasteiger partial charge in [0.1, 0.15) is 0 Å². The zero-order chi connectivity index (χ0) is 19.1. The standard InChI is InChI=1S/C20H13N3O4S/c24-18-14-4-2-1-3-13(14)15(19(25)23(18)20-21-7-8-28-20)10-22-12-5-6-16-17(9-12)27-11-26-16/h1-10,25H,11H2. The number of aromatic nitrogens is 2. The quantitative estimate of drug-likeness (QED) is 0.539. The molecule has 0 fully saturated rings. The molecule has 0 spiro atoms. The molecule has 138 valence electrons. The lowest BCUT2D eigenvalue weighted by atomic mass is 10.1. The van der Waals surface area contributed by atoms with Crippen molar-refractivity contribution in [3.63, 3.8) is 0 Å². The molecule has 2 aromatic heterocycles. The minimum atomic E-state index is -0.330. The molecule has 5 rings (SSSR count). The van der Waals surface area contributed by atoms with E-state index in [2.05, 4.69) is 9.98 Å². The Balaban J connectivity index is 1.69. The summed E-state index contributed by atoms with van der Waals surface area (Å²) in [5.41, 5.74) is 0.742. The van der Waals surface area contributed by atoms with Gasteiger partial charge in [-0.1, -0.05) is 18.2 Å². The lowest BCUT2D eigenvalue weighted by molar-refractivity contribution is 0.174. The van der Waals surface area contributed by atoms with Crippen LogP contribution in [-0.4, -0.2) is 27.7 Å². The van der Waals surface area contributed by atoms with Crippen LogP contribution in [0.3, 0.4) is 0 Å². The number of hydrogen-bond acceptors (Lipinski definition) is 7. The van der Waals surface area contributed by atoms with Crippen LogP contribution < -0.4 is 15.0 Å². The Hall–Kier alpha value is -3.65. The van der Waals surface area contributed by atoms with Gasteiger partial charge >= 0.3 is 0 Å². The summed E-state index contributed by atoms with van der Waals surface area (Å²) in [7, 11) is 0. The van der Waals surface area contributed by atoms with E-state index in [1.54, 1.807) is 54.2 Å². The third-order valence-corrected chi connectivity index (χ3v) is 5.17. The fourth-order valence-corrected chi connectivity index (χ4v) is 3.74. The summed E-state index contributed by atoms with van der Waals surface area (Å²) in [6, 6.07) is 12.4. The van der Waals surface area contributed by atoms with Gasteiger partial charge in [-0.2, -0.15) is 0 Å². The topological polar surface area (TPSA) is 85.9 Å². The van der Waals surface area contributed by atoms with Crippen LogP contribution in [0.25, 0.3) is 15.9 Å². The molecular formula is C20H13N3O4S. The van der Waals surface area contributed by atoms with Crippen LogP contribution in [0.4, 0.5) is 5.69 Å². The van der Waals surface area contributed by atoms with Crippen molar-refractivity contribution in [3.8, 4) is 22.5 Å². The van der Waals surface area contributed by atoms with E-state index in [1.807, 2.05) is 6.07 Å². The van der Waals surface area contributed by atoms with Crippen LogP contribution in [0, 0.1) is 0 Å². The predicted molar refractivity (Wildman–Crippen MR) is 107 cm³/mol. The summed E-state index contributed by atoms with van der Waals surface area (Å²) in [6.07, 6.45) is 3.13. The minimum Gasteiger partial charge on any atom is -0.494 e. The molecule has 0 saturated heterocycles. The Morgan fingerprint density at radius 3 is 2.79 bits per heavy atom. The van der Waals surface area contributed by atoms with Crippen LogP contribution in [0.5, 0.6) is 17.4 Å². The molecule has 0 radical (unpaired) electrons. The second-order valence-electron chi connectivity index (χ2n) is 6.03. The van der Waals surface area contributed by atoms with Gasteiger partial charge in [0, 0.05) is 34.6 Å². The van der Waals surface area contributed by atoms with E-state index in [0.29, 0.717) is 38.7 Å². The Bertz CT molecular complexity index is 1280. The van der Waals surface area contributed by atoms with Gasteiger partial charge in [0.05, 0.1) is 11.3 Å². The zero-order valence-corrected chi connectivity index (χ0v) is 15.2. The van der Waals surface area contributed by atoms with Crippen molar-refractivity contribution in [3.05, 3.63) is 70.0 Å². The molecule has 0 unspecified atom stereocenters. The van der Waals surface area contributed by atoms with Gasteiger partial charge in [-0.25, -0.2) is 9.55 Å². The molecule has 28 heavy (non-hydrogen) atoms. The van der Waals surface area contributed by atoms with Crippen molar-refractivity contribution >= 4 is 34.0 Å². The van der Waals surface area contributed by atoms with E-state index in [1.165, 1.54) is 15.9 Å². The molecule has 0 aliphatic carbocycles. The molecule has 4 aromatic rings. The number of thiazole rings is 1. The lowest BCUT2D eigenvalue weighted by Gasteiger charge is -2.11. The van der Waals surface area contributed by atoms with Gasteiger partial charge in [-0.3, -0.25) is 9.79 Å². The first-order chi connectivity index (χ1) is 13.7. The maximum Gasteiger partial charge on any atom is 0.267 e. The number of pyridine rings is 1. The highest BCUT2D eigenvalue weighted by Gasteiger charge is 2.18. The third kappa shape index (κ3) is 2.62. The molecule has 1 aliphatic heterocycles. The molecule has 2 aromatic carbocycles. The minimum absolute atomic E-state index is 0.187. The van der Waals surface area contributed by atoms with Crippen LogP contribution in [0.1, 0.15) is 5.56 Å². The number of rotatable bonds is 3. The fraction of sp³-hybridized carbons (Fsp3) is 0.0500. The van der Waals surface area contributed by atoms with Gasteiger partial charge in [-0.15, -0.1) is 11.3 Å². The van der Waals surface area contributed by atoms with Crippen molar-refractivity contribution in [2.45, 2.75) is 0 Å². The first-order valence-electron chi connectivity index (χ1n) is 8.42. The largest absolute Gasteiger partial charge is 0.494 e. The summed E-state index contributed by atoms with van der Waals surface area (Å²) >= 11 is 1.27. The van der Waals surface area contributed by atoms with Gasteiger partial charge in [0.15, 0.2) is 16.6 Å². The van der Waals surface area contributed by atoms with E-state index in [9.17, 15) is 9.90 Å². The van der Waals surface area contributed by atoms with E-state index in [4.69, 9.17) is 9.47 Å². The monoisotopic (exact) mass is 391 g/mol. The molecule has 0 saturated carbocycles. The Morgan fingerprint density at radius 1 is 1.14 bits per heavy atom. The third-order valence-electron chi connectivity index (χ3n) is 4.41. The molecule has 1 aliphatic rings. The number of nitrogens with zero attached hydrogens (tertiary/aromatic N) is 3. The fourth-order valence-electron chi connectivity index (χ4n) is 3.10. The smallest absolute Gasteiger partial charge is 0.267 e. The molecular weight excluding hydrogens is 378 g/mol. The maximum absolute atomic E-state index is 12.9. The summed E-state index contributed by atoms with van der Waals surface area (Å²) < 4.78 is 11.9. The van der Waals surface area contributed by atoms with E-state index >= 15 is 0 Å². The van der Waals surface area contributed by atoms with Gasteiger partial charge in [0.2, 0.25) is 12.7 Å². The normalized spacial score (nSPS) is 12.9. The van der Waals surface area contributed by atoms with Crippen molar-refractivity contribution in [2.24, 2.45) is 4.99 Å². The predicted octanol–water partition coefficient (Wildman–Crippen LogP) is 3.63. The second kappa shape index (κ2) is 6.50. The Labute approximate surface area is 162 Å². The zero-order valence-electron chi connectivity index (χ0n) is 14.4. The van der Waals surface area contributed by atoms with Crippen molar-refractivity contribution in [2.75, 3.05) is 6.79 Å². The highest BCUT2D eigenvalue weighted by molar-refractivity contribution is 7.12. The van der Waals surface area contributed by atoms with Crippen LogP contribution in [0.15, 0.2) is 63.8 Å². The maximum atomic E-state index is 12.9. The number of aliphatic imine (C=N–C) groups is 1. The SMILES string of the molecule is O=c1c2ccccc2c(C=Nc2ccc3c(c2)OCO3)c(O)n1-c1nccs1. The summed E-state index contributed by atoms with van der Waals surface area (Å²) in [4.78, 5) is 21.5. The van der Waals surface area contributed by atoms with Crippen LogP contribution >= 0.6 is 11.3 Å². The van der Waals surface area contributed by atoms with E-state index in [0.717, 1.165) is 0 Å². The first-order valence-corrected chi connectivity index (χ1v) is 9.30. The van der Waals surface area contributed by atoms with Gasteiger partial charge in [-0.05, 0) is 18.2 Å². The molecule has 0 amide bonds. The average molecular weight is 391 g/mol. The molecule has 3 heterocycles. The summed E-state index contributed by atoms with van der Waals surface area (Å²) in [5.74, 6) is 1.09. The van der Waals surface area contributed by atoms with Gasteiger partial charge in [0.25, 0.3) is 5.56 Å². The highest BCUT2D eigenvalue weighted by Crippen LogP contribution is 2.35. The molecule has 1 N–H and O–H groups in total. The van der Waals surface area contributed by atoms with Crippen LogP contribution in [-0.2, 0) is 0 Å². The van der Waals surface area contributed by atoms with E-state index in [-0.39, 0.29) is 18.2 Å². The lowest BCUT2D eigenvalue weighted by Crippen LogP contribution is -2.19. The molecule has 0 atom stereocenters. The number of aromatic hydroxyl groups is 1. The molecule has 7 nitrogen and oxygen atoms in total. The number of ether oxygens (including phenoxy) is 2. The molecule has 0 bridgehead atoms. The number of fused-ring (bicyclic) bond motifs is 2. The van der Waals surface area contributed by atoms with Crippen molar-refractivity contribution in [1.82, 2.24) is 9.55 Å². The summed E-state index contributed by atoms with van der Waals surface area (Å²) in [6.45, 7) is 0.187. The highest BCUT2D eigenvalue weighted by atomic mass is 32.1. The van der Waals surface area contributed by atoms with E-state index < -0.39 is 0 Å². The van der Waals surface area contributed by atoms with Crippen molar-refractivity contribution in [1.29, 1.82) is 0 Å². The second-order valence-corrected chi connectivity index (χ2v) is 6.91. The average Bonchev–Trinajstić information content (AvgIpc) is 3.39. The first kappa shape index (κ1) is 16.5.